The molecule has 0 aliphatic rings. The molecule has 0 fully saturated rings. The van der Waals surface area contributed by atoms with Gasteiger partial charge in [0, 0.05) is 5.56 Å². The van der Waals surface area contributed by atoms with E-state index in [1.165, 1.54) is 5.56 Å². The Morgan fingerprint density at radius 1 is 1.16 bits per heavy atom. The van der Waals surface area contributed by atoms with Crippen LogP contribution in [0.15, 0.2) is 18.2 Å². The van der Waals surface area contributed by atoms with Gasteiger partial charge in [0.15, 0.2) is 5.78 Å². The van der Waals surface area contributed by atoms with Gasteiger partial charge in [-0.3, -0.25) is 9.69 Å². The summed E-state index contributed by atoms with van der Waals surface area (Å²) in [5.41, 5.74) is 2.75. The molecule has 1 atom stereocenters. The molecule has 106 valence electrons. The number of hydrogen-bond acceptors (Lipinski definition) is 2. The van der Waals surface area contributed by atoms with Crippen LogP contribution in [0, 0.1) is 13.8 Å². The third-order valence-electron chi connectivity index (χ3n) is 4.27. The molecule has 0 spiro atoms. The highest BCUT2D eigenvalue weighted by molar-refractivity contribution is 6.04. The van der Waals surface area contributed by atoms with Gasteiger partial charge in [-0.05, 0) is 45.8 Å². The molecule has 1 unspecified atom stereocenters. The summed E-state index contributed by atoms with van der Waals surface area (Å²) in [6.07, 6.45) is 0.834. The van der Waals surface area contributed by atoms with Crippen LogP contribution in [-0.2, 0) is 0 Å². The number of Topliss-reactive ketones (excluding diaryl/α,β-unsaturated/α-hetero) is 1. The van der Waals surface area contributed by atoms with E-state index in [2.05, 4.69) is 45.6 Å². The van der Waals surface area contributed by atoms with E-state index in [0.717, 1.165) is 30.6 Å². The average Bonchev–Trinajstić information content (AvgIpc) is 2.39. The van der Waals surface area contributed by atoms with Gasteiger partial charge in [0.1, 0.15) is 0 Å². The van der Waals surface area contributed by atoms with Crippen LogP contribution < -0.4 is 0 Å². The maximum atomic E-state index is 12.9. The lowest BCUT2D eigenvalue weighted by Gasteiger charge is -2.38. The minimum Gasteiger partial charge on any atom is -0.292 e. The van der Waals surface area contributed by atoms with E-state index in [1.807, 2.05) is 19.1 Å². The topological polar surface area (TPSA) is 20.3 Å². The van der Waals surface area contributed by atoms with E-state index in [0.29, 0.717) is 0 Å². The van der Waals surface area contributed by atoms with Crippen molar-refractivity contribution in [2.45, 2.75) is 53.5 Å². The zero-order valence-electron chi connectivity index (χ0n) is 13.2. The van der Waals surface area contributed by atoms with Crippen LogP contribution in [0.4, 0.5) is 0 Å². The molecular formula is C17H27NO. The van der Waals surface area contributed by atoms with Crippen LogP contribution in [0.5, 0.6) is 0 Å². The highest BCUT2D eigenvalue weighted by Crippen LogP contribution is 2.26. The standard InChI is InChI=1S/C17H27NO/c1-7-17(6,18(8-2)9-3)16(19)15-11-10-13(4)12-14(15)5/h10-12H,7-9H2,1-6H3. The van der Waals surface area contributed by atoms with Crippen molar-refractivity contribution in [2.24, 2.45) is 0 Å². The molecule has 1 aromatic carbocycles. The fourth-order valence-corrected chi connectivity index (χ4v) is 2.81. The molecule has 0 N–H and O–H groups in total. The zero-order valence-corrected chi connectivity index (χ0v) is 13.2. The minimum absolute atomic E-state index is 0.246. The molecule has 0 amide bonds. The molecule has 2 nitrogen and oxygen atoms in total. The van der Waals surface area contributed by atoms with Crippen LogP contribution in [-0.4, -0.2) is 29.3 Å². The fraction of sp³-hybridized carbons (Fsp3) is 0.588. The van der Waals surface area contributed by atoms with Gasteiger partial charge in [-0.2, -0.15) is 0 Å². The van der Waals surface area contributed by atoms with Crippen LogP contribution in [0.3, 0.4) is 0 Å². The summed E-state index contributed by atoms with van der Waals surface area (Å²) in [6, 6.07) is 6.09. The molecule has 0 aliphatic carbocycles. The maximum Gasteiger partial charge on any atom is 0.183 e. The van der Waals surface area contributed by atoms with Crippen LogP contribution >= 0.6 is 0 Å². The van der Waals surface area contributed by atoms with Gasteiger partial charge in [0.25, 0.3) is 0 Å². The zero-order chi connectivity index (χ0) is 14.6. The number of ketones is 1. The van der Waals surface area contributed by atoms with Crippen molar-refractivity contribution in [3.63, 3.8) is 0 Å². The lowest BCUT2D eigenvalue weighted by atomic mass is 9.85. The molecule has 0 bridgehead atoms. The Morgan fingerprint density at radius 2 is 1.74 bits per heavy atom. The molecule has 0 heterocycles. The van der Waals surface area contributed by atoms with Crippen molar-refractivity contribution >= 4 is 5.78 Å². The Balaban J connectivity index is 3.21. The van der Waals surface area contributed by atoms with Crippen molar-refractivity contribution in [3.8, 4) is 0 Å². The second kappa shape index (κ2) is 6.33. The first-order chi connectivity index (χ1) is 8.90. The highest BCUT2D eigenvalue weighted by atomic mass is 16.1. The van der Waals surface area contributed by atoms with E-state index in [-0.39, 0.29) is 5.78 Å². The van der Waals surface area contributed by atoms with Crippen LogP contribution in [0.25, 0.3) is 0 Å². The smallest absolute Gasteiger partial charge is 0.183 e. The predicted molar refractivity (Wildman–Crippen MR) is 81.9 cm³/mol. The van der Waals surface area contributed by atoms with Gasteiger partial charge in [-0.15, -0.1) is 0 Å². The van der Waals surface area contributed by atoms with Crippen LogP contribution in [0.1, 0.15) is 55.6 Å². The second-order valence-corrected chi connectivity index (χ2v) is 5.45. The largest absolute Gasteiger partial charge is 0.292 e. The van der Waals surface area contributed by atoms with Crippen molar-refractivity contribution in [3.05, 3.63) is 34.9 Å². The van der Waals surface area contributed by atoms with Crippen molar-refractivity contribution in [2.75, 3.05) is 13.1 Å². The van der Waals surface area contributed by atoms with E-state index < -0.39 is 5.54 Å². The molecule has 19 heavy (non-hydrogen) atoms. The Kier molecular flexibility index (Phi) is 5.30. The number of hydrogen-bond donors (Lipinski definition) is 0. The number of nitrogens with zero attached hydrogens (tertiary/aromatic N) is 1. The van der Waals surface area contributed by atoms with E-state index >= 15 is 0 Å². The molecule has 0 saturated carbocycles. The van der Waals surface area contributed by atoms with Crippen molar-refractivity contribution in [1.82, 2.24) is 4.90 Å². The number of likely N-dealkylation sites (N-methyl/N-ethyl adjacent to an activating group) is 1. The maximum absolute atomic E-state index is 12.9. The summed E-state index contributed by atoms with van der Waals surface area (Å²) in [4.78, 5) is 15.2. The quantitative estimate of drug-likeness (QED) is 0.721. The van der Waals surface area contributed by atoms with Crippen LogP contribution in [0.2, 0.25) is 0 Å². The normalized spacial score (nSPS) is 14.5. The highest BCUT2D eigenvalue weighted by Gasteiger charge is 2.37. The Bertz CT molecular complexity index is 449. The van der Waals surface area contributed by atoms with E-state index in [1.54, 1.807) is 0 Å². The first-order valence-corrected chi connectivity index (χ1v) is 7.27. The lowest BCUT2D eigenvalue weighted by molar-refractivity contribution is 0.0607. The molecule has 1 rings (SSSR count). The Labute approximate surface area is 117 Å². The number of carbonyl (C=O) groups is 1. The third kappa shape index (κ3) is 3.06. The van der Waals surface area contributed by atoms with Gasteiger partial charge in [-0.25, -0.2) is 0 Å². The lowest BCUT2D eigenvalue weighted by Crippen LogP contribution is -2.52. The summed E-state index contributed by atoms with van der Waals surface area (Å²) in [7, 11) is 0. The second-order valence-electron chi connectivity index (χ2n) is 5.45. The van der Waals surface area contributed by atoms with Crippen molar-refractivity contribution < 1.29 is 4.79 Å². The van der Waals surface area contributed by atoms with Gasteiger partial charge in [-0.1, -0.05) is 44.5 Å². The number of benzene rings is 1. The summed E-state index contributed by atoms with van der Waals surface area (Å²) < 4.78 is 0. The Morgan fingerprint density at radius 3 is 2.16 bits per heavy atom. The first kappa shape index (κ1) is 15.9. The minimum atomic E-state index is -0.399. The van der Waals surface area contributed by atoms with Gasteiger partial charge >= 0.3 is 0 Å². The summed E-state index contributed by atoms with van der Waals surface area (Å²) in [5, 5.41) is 0. The molecule has 2 heteroatoms. The molecular weight excluding hydrogens is 234 g/mol. The van der Waals surface area contributed by atoms with E-state index in [9.17, 15) is 4.79 Å². The van der Waals surface area contributed by atoms with Crippen molar-refractivity contribution in [1.29, 1.82) is 0 Å². The summed E-state index contributed by atoms with van der Waals surface area (Å²) >= 11 is 0. The molecule has 0 radical (unpaired) electrons. The monoisotopic (exact) mass is 261 g/mol. The molecule has 0 aliphatic heterocycles. The van der Waals surface area contributed by atoms with Gasteiger partial charge in [0.2, 0.25) is 0 Å². The third-order valence-corrected chi connectivity index (χ3v) is 4.27. The van der Waals surface area contributed by atoms with E-state index in [4.69, 9.17) is 0 Å². The number of carbonyl (C=O) groups excluding carboxylic acids is 1. The number of rotatable bonds is 6. The summed E-state index contributed by atoms with van der Waals surface area (Å²) in [6.45, 7) is 14.3. The molecule has 1 aromatic rings. The fourth-order valence-electron chi connectivity index (χ4n) is 2.81. The van der Waals surface area contributed by atoms with Gasteiger partial charge in [0.05, 0.1) is 5.54 Å². The molecule has 0 aromatic heterocycles. The SMILES string of the molecule is CCN(CC)C(C)(CC)C(=O)c1ccc(C)cc1C. The average molecular weight is 261 g/mol. The predicted octanol–water partition coefficient (Wildman–Crippen LogP) is 4.00. The molecule has 0 saturated heterocycles. The first-order valence-electron chi connectivity index (χ1n) is 7.27. The number of aryl methyl sites for hydroxylation is 2. The Hall–Kier alpha value is -1.15. The summed E-state index contributed by atoms with van der Waals surface area (Å²) in [5.74, 6) is 0.246. The van der Waals surface area contributed by atoms with Gasteiger partial charge < -0.3 is 0 Å².